The Hall–Kier alpha value is -2.43. The van der Waals surface area contributed by atoms with E-state index in [9.17, 15) is 15.2 Å². The fourth-order valence-electron chi connectivity index (χ4n) is 1.33. The molecule has 2 rings (SSSR count). The first-order valence-corrected chi connectivity index (χ1v) is 4.60. The molecule has 1 heterocycles. The number of nitrogens with zero attached hydrogens (tertiary/aromatic N) is 2. The molecule has 0 aliphatic carbocycles. The Labute approximate surface area is 91.4 Å². The fourth-order valence-corrected chi connectivity index (χ4v) is 1.33. The molecule has 0 bridgehead atoms. The van der Waals surface area contributed by atoms with Crippen molar-refractivity contribution in [2.24, 2.45) is 0 Å². The second-order valence-corrected chi connectivity index (χ2v) is 3.21. The predicted molar refractivity (Wildman–Crippen MR) is 54.1 cm³/mol. The van der Waals surface area contributed by atoms with Crippen molar-refractivity contribution in [3.63, 3.8) is 0 Å². The molecule has 5 nitrogen and oxygen atoms in total. The second kappa shape index (κ2) is 3.98. The van der Waals surface area contributed by atoms with Gasteiger partial charge < -0.3 is 5.11 Å². The summed E-state index contributed by atoms with van der Waals surface area (Å²) in [6, 6.07) is 9.03. The Morgan fingerprint density at radius 3 is 2.06 bits per heavy atom. The Balaban J connectivity index is 2.34. The van der Waals surface area contributed by atoms with E-state index in [1.54, 1.807) is 29.1 Å². The van der Waals surface area contributed by atoms with Gasteiger partial charge >= 0.3 is 0 Å². The minimum Gasteiger partial charge on any atom is -0.872 e. The minimum atomic E-state index is -0.453. The molecule has 0 spiro atoms. The van der Waals surface area contributed by atoms with Crippen molar-refractivity contribution in [3.8, 4) is 11.4 Å². The van der Waals surface area contributed by atoms with Gasteiger partial charge in [0.15, 0.2) is 12.4 Å². The lowest BCUT2D eigenvalue weighted by molar-refractivity contribution is -0.596. The van der Waals surface area contributed by atoms with Gasteiger partial charge in [-0.05, 0) is 0 Å². The first kappa shape index (κ1) is 10.1. The van der Waals surface area contributed by atoms with E-state index in [0.717, 1.165) is 5.69 Å². The number of pyridine rings is 1. The van der Waals surface area contributed by atoms with Gasteiger partial charge in [0, 0.05) is 12.1 Å². The highest BCUT2D eigenvalue weighted by Crippen LogP contribution is 2.09. The Kier molecular flexibility index (Phi) is 2.51. The molecular formula is C11H8N2O3. The molecule has 0 N–H and O–H groups in total. The van der Waals surface area contributed by atoms with Crippen LogP contribution in [0.2, 0.25) is 0 Å². The van der Waals surface area contributed by atoms with Crippen molar-refractivity contribution in [3.05, 3.63) is 58.9 Å². The summed E-state index contributed by atoms with van der Waals surface area (Å²) in [6.07, 6.45) is 3.16. The SMILES string of the molecule is O=[N+]([O-])c1cc[n+](-c2ccc([O-])cc2)cc1. The number of nitro groups is 1. The monoisotopic (exact) mass is 216 g/mol. The lowest BCUT2D eigenvalue weighted by atomic mass is 10.3. The normalized spacial score (nSPS) is 10.0. The molecule has 1 aromatic heterocycles. The Bertz CT molecular complexity index is 506. The largest absolute Gasteiger partial charge is 0.872 e. The highest BCUT2D eigenvalue weighted by atomic mass is 16.6. The average molecular weight is 216 g/mol. The van der Waals surface area contributed by atoms with Crippen LogP contribution in [0, 0.1) is 10.1 Å². The zero-order chi connectivity index (χ0) is 11.5. The van der Waals surface area contributed by atoms with Gasteiger partial charge in [0.25, 0.3) is 5.69 Å². The van der Waals surface area contributed by atoms with E-state index in [1.165, 1.54) is 24.3 Å². The zero-order valence-electron chi connectivity index (χ0n) is 8.24. The molecule has 5 heteroatoms. The maximum atomic E-state index is 10.9. The molecule has 0 fully saturated rings. The quantitative estimate of drug-likeness (QED) is 0.426. The molecule has 0 amide bonds. The van der Waals surface area contributed by atoms with Crippen LogP contribution in [0.25, 0.3) is 5.69 Å². The van der Waals surface area contributed by atoms with E-state index in [1.807, 2.05) is 0 Å². The molecule has 0 aliphatic heterocycles. The third-order valence-corrected chi connectivity index (χ3v) is 2.16. The van der Waals surface area contributed by atoms with Crippen molar-refractivity contribution < 1.29 is 14.6 Å². The highest BCUT2D eigenvalue weighted by molar-refractivity contribution is 5.30. The van der Waals surface area contributed by atoms with E-state index in [4.69, 9.17) is 0 Å². The second-order valence-electron chi connectivity index (χ2n) is 3.21. The standard InChI is InChI=1S/C11H8N2O3/c14-11-3-1-9(2-4-11)12-7-5-10(6-8-12)13(15)16/h1-8H. The van der Waals surface area contributed by atoms with Crippen LogP contribution in [-0.2, 0) is 0 Å². The summed E-state index contributed by atoms with van der Waals surface area (Å²) in [5, 5.41) is 21.3. The van der Waals surface area contributed by atoms with E-state index >= 15 is 0 Å². The summed E-state index contributed by atoms with van der Waals surface area (Å²) in [7, 11) is 0. The molecule has 1 aromatic carbocycles. The number of hydrogen-bond donors (Lipinski definition) is 0. The predicted octanol–water partition coefficient (Wildman–Crippen LogP) is 0.945. The van der Waals surface area contributed by atoms with Crippen LogP contribution >= 0.6 is 0 Å². The summed E-state index contributed by atoms with van der Waals surface area (Å²) >= 11 is 0. The van der Waals surface area contributed by atoms with Crippen LogP contribution in [0.4, 0.5) is 5.69 Å². The van der Waals surface area contributed by atoms with Gasteiger partial charge in [-0.1, -0.05) is 12.1 Å². The van der Waals surface area contributed by atoms with Gasteiger partial charge in [-0.25, -0.2) is 0 Å². The molecule has 2 aromatic rings. The van der Waals surface area contributed by atoms with Gasteiger partial charge in [-0.15, -0.1) is 5.75 Å². The zero-order valence-corrected chi connectivity index (χ0v) is 8.24. The van der Waals surface area contributed by atoms with E-state index in [0.29, 0.717) is 0 Å². The van der Waals surface area contributed by atoms with Gasteiger partial charge in [-0.2, -0.15) is 4.57 Å². The lowest BCUT2D eigenvalue weighted by Crippen LogP contribution is -2.29. The van der Waals surface area contributed by atoms with E-state index < -0.39 is 4.92 Å². The number of benzene rings is 1. The summed E-state index contributed by atoms with van der Waals surface area (Å²) in [6.45, 7) is 0. The molecular weight excluding hydrogens is 208 g/mol. The summed E-state index contributed by atoms with van der Waals surface area (Å²) < 4.78 is 1.70. The number of hydrogen-bond acceptors (Lipinski definition) is 3. The fraction of sp³-hybridized carbons (Fsp3) is 0. The maximum Gasteiger partial charge on any atom is 0.281 e. The van der Waals surface area contributed by atoms with Crippen LogP contribution in [0.15, 0.2) is 48.8 Å². The summed E-state index contributed by atoms with van der Waals surface area (Å²) in [4.78, 5) is 10.00. The topological polar surface area (TPSA) is 70.1 Å². The van der Waals surface area contributed by atoms with Crippen LogP contribution in [0.3, 0.4) is 0 Å². The van der Waals surface area contributed by atoms with Crippen LogP contribution in [0.1, 0.15) is 0 Å². The van der Waals surface area contributed by atoms with Gasteiger partial charge in [0.2, 0.25) is 5.69 Å². The lowest BCUT2D eigenvalue weighted by Gasteiger charge is -2.02. The molecule has 0 saturated carbocycles. The molecule has 0 saturated heterocycles. The Morgan fingerprint density at radius 1 is 1.00 bits per heavy atom. The first-order chi connectivity index (χ1) is 7.66. The molecule has 0 atom stereocenters. The summed E-state index contributed by atoms with van der Waals surface area (Å²) in [5.74, 6) is -0.0636. The molecule has 0 unspecified atom stereocenters. The van der Waals surface area contributed by atoms with Gasteiger partial charge in [0.1, 0.15) is 0 Å². The van der Waals surface area contributed by atoms with Crippen molar-refractivity contribution in [2.45, 2.75) is 0 Å². The van der Waals surface area contributed by atoms with E-state index in [-0.39, 0.29) is 11.4 Å². The number of aromatic nitrogens is 1. The highest BCUT2D eigenvalue weighted by Gasteiger charge is 2.09. The third-order valence-electron chi connectivity index (χ3n) is 2.16. The average Bonchev–Trinajstić information content (AvgIpc) is 2.30. The first-order valence-electron chi connectivity index (χ1n) is 4.60. The van der Waals surface area contributed by atoms with Gasteiger partial charge in [-0.3, -0.25) is 10.1 Å². The van der Waals surface area contributed by atoms with E-state index in [2.05, 4.69) is 0 Å². The minimum absolute atomic E-state index is 0.0386. The van der Waals surface area contributed by atoms with Crippen molar-refractivity contribution in [2.75, 3.05) is 0 Å². The molecule has 80 valence electrons. The van der Waals surface area contributed by atoms with Crippen LogP contribution in [-0.4, -0.2) is 4.92 Å². The van der Waals surface area contributed by atoms with Crippen LogP contribution in [0.5, 0.6) is 5.75 Å². The van der Waals surface area contributed by atoms with Crippen molar-refractivity contribution in [1.82, 2.24) is 0 Å². The number of rotatable bonds is 2. The molecule has 16 heavy (non-hydrogen) atoms. The smallest absolute Gasteiger partial charge is 0.281 e. The Morgan fingerprint density at radius 2 is 1.56 bits per heavy atom. The van der Waals surface area contributed by atoms with Crippen molar-refractivity contribution in [1.29, 1.82) is 0 Å². The molecule has 0 aliphatic rings. The van der Waals surface area contributed by atoms with Crippen molar-refractivity contribution >= 4 is 5.69 Å². The molecule has 0 radical (unpaired) electrons. The van der Waals surface area contributed by atoms with Gasteiger partial charge in [0.05, 0.1) is 17.1 Å². The summed E-state index contributed by atoms with van der Waals surface area (Å²) in [5.41, 5.74) is 0.825. The third kappa shape index (κ3) is 1.98. The maximum absolute atomic E-state index is 10.9. The van der Waals surface area contributed by atoms with Crippen LogP contribution < -0.4 is 9.67 Å².